The molecule has 0 N–H and O–H groups in total. The van der Waals surface area contributed by atoms with E-state index in [0.29, 0.717) is 6.61 Å². The van der Waals surface area contributed by atoms with Crippen molar-refractivity contribution in [2.45, 2.75) is 6.61 Å². The van der Waals surface area contributed by atoms with Gasteiger partial charge in [-0.3, -0.25) is 0 Å². The summed E-state index contributed by atoms with van der Waals surface area (Å²) in [5.41, 5.74) is 0. The molecule has 0 aliphatic heterocycles. The molecule has 1 aromatic carbocycles. The minimum Gasteiger partial charge on any atom is -0.484 e. The highest BCUT2D eigenvalue weighted by Gasteiger charge is 2.03. The van der Waals surface area contributed by atoms with Crippen LogP contribution in [0.25, 0.3) is 0 Å². The summed E-state index contributed by atoms with van der Waals surface area (Å²) in [5.74, 6) is 1.60. The Labute approximate surface area is 96.0 Å². The van der Waals surface area contributed by atoms with Crippen LogP contribution in [0, 0.1) is 0 Å². The standard InChI is InChI=1S/C10H10BrN3O/c1-14-7-12-13-10(14)6-15-9-5-3-2-4-8(9)11/h2-5,7H,6H2,1H3. The fraction of sp³-hybridized carbons (Fsp3) is 0.200. The van der Waals surface area contributed by atoms with Gasteiger partial charge >= 0.3 is 0 Å². The zero-order valence-corrected chi connectivity index (χ0v) is 9.81. The van der Waals surface area contributed by atoms with Gasteiger partial charge in [0.1, 0.15) is 18.7 Å². The molecule has 0 aliphatic carbocycles. The van der Waals surface area contributed by atoms with Crippen molar-refractivity contribution in [2.75, 3.05) is 0 Å². The first kappa shape index (κ1) is 10.2. The molecule has 0 radical (unpaired) electrons. The van der Waals surface area contributed by atoms with Crippen LogP contribution in [0.2, 0.25) is 0 Å². The molecule has 0 saturated heterocycles. The van der Waals surface area contributed by atoms with Crippen molar-refractivity contribution in [3.05, 3.63) is 40.9 Å². The van der Waals surface area contributed by atoms with Gasteiger partial charge in [-0.1, -0.05) is 12.1 Å². The van der Waals surface area contributed by atoms with Crippen molar-refractivity contribution in [3.8, 4) is 5.75 Å². The molecule has 0 spiro atoms. The summed E-state index contributed by atoms with van der Waals surface area (Å²) in [6, 6.07) is 7.71. The van der Waals surface area contributed by atoms with E-state index in [1.165, 1.54) is 0 Å². The zero-order chi connectivity index (χ0) is 10.7. The predicted molar refractivity (Wildman–Crippen MR) is 59.5 cm³/mol. The summed E-state index contributed by atoms with van der Waals surface area (Å²) in [6.45, 7) is 0.416. The first-order valence-electron chi connectivity index (χ1n) is 4.47. The van der Waals surface area contributed by atoms with Gasteiger partial charge in [0, 0.05) is 7.05 Å². The minimum absolute atomic E-state index is 0.416. The van der Waals surface area contributed by atoms with Gasteiger partial charge in [-0.25, -0.2) is 0 Å². The molecular formula is C10H10BrN3O. The van der Waals surface area contributed by atoms with Crippen molar-refractivity contribution >= 4 is 15.9 Å². The lowest BCUT2D eigenvalue weighted by molar-refractivity contribution is 0.289. The Morgan fingerprint density at radius 1 is 1.40 bits per heavy atom. The number of aromatic nitrogens is 3. The maximum Gasteiger partial charge on any atom is 0.170 e. The normalized spacial score (nSPS) is 10.3. The lowest BCUT2D eigenvalue weighted by Crippen LogP contribution is -2.03. The third-order valence-electron chi connectivity index (χ3n) is 2.00. The molecule has 0 aliphatic rings. The minimum atomic E-state index is 0.416. The van der Waals surface area contributed by atoms with Crippen LogP contribution in [0.5, 0.6) is 5.75 Å². The fourth-order valence-corrected chi connectivity index (χ4v) is 1.54. The highest BCUT2D eigenvalue weighted by Crippen LogP contribution is 2.24. The number of para-hydroxylation sites is 1. The lowest BCUT2D eigenvalue weighted by Gasteiger charge is -2.06. The smallest absolute Gasteiger partial charge is 0.170 e. The van der Waals surface area contributed by atoms with E-state index in [1.807, 2.05) is 35.9 Å². The van der Waals surface area contributed by atoms with Gasteiger partial charge in [-0.05, 0) is 28.1 Å². The van der Waals surface area contributed by atoms with Crippen LogP contribution >= 0.6 is 15.9 Å². The van der Waals surface area contributed by atoms with E-state index < -0.39 is 0 Å². The molecule has 0 saturated carbocycles. The van der Waals surface area contributed by atoms with E-state index in [1.54, 1.807) is 6.33 Å². The van der Waals surface area contributed by atoms with Crippen LogP contribution < -0.4 is 4.74 Å². The molecule has 0 bridgehead atoms. The van der Waals surface area contributed by atoms with Crippen molar-refractivity contribution in [3.63, 3.8) is 0 Å². The molecule has 2 rings (SSSR count). The van der Waals surface area contributed by atoms with E-state index in [4.69, 9.17) is 4.74 Å². The Morgan fingerprint density at radius 2 is 2.20 bits per heavy atom. The Morgan fingerprint density at radius 3 is 2.87 bits per heavy atom. The second-order valence-corrected chi connectivity index (χ2v) is 3.93. The molecule has 0 fully saturated rings. The van der Waals surface area contributed by atoms with Gasteiger partial charge in [0.15, 0.2) is 5.82 Å². The highest BCUT2D eigenvalue weighted by atomic mass is 79.9. The number of nitrogens with zero attached hydrogens (tertiary/aromatic N) is 3. The number of ether oxygens (including phenoxy) is 1. The number of halogens is 1. The maximum absolute atomic E-state index is 5.59. The molecule has 5 heteroatoms. The van der Waals surface area contributed by atoms with Crippen LogP contribution in [0.4, 0.5) is 0 Å². The number of rotatable bonds is 3. The van der Waals surface area contributed by atoms with E-state index in [-0.39, 0.29) is 0 Å². The van der Waals surface area contributed by atoms with Crippen molar-refractivity contribution in [1.82, 2.24) is 14.8 Å². The number of hydrogen-bond donors (Lipinski definition) is 0. The van der Waals surface area contributed by atoms with E-state index in [9.17, 15) is 0 Å². The summed E-state index contributed by atoms with van der Waals surface area (Å²) in [5, 5.41) is 7.71. The Balaban J connectivity index is 2.06. The summed E-state index contributed by atoms with van der Waals surface area (Å²) >= 11 is 3.41. The molecule has 15 heavy (non-hydrogen) atoms. The molecule has 0 amide bonds. The van der Waals surface area contributed by atoms with Gasteiger partial charge in [0.25, 0.3) is 0 Å². The zero-order valence-electron chi connectivity index (χ0n) is 8.22. The average Bonchev–Trinajstić information content (AvgIpc) is 2.63. The van der Waals surface area contributed by atoms with Crippen LogP contribution in [0.15, 0.2) is 35.1 Å². The molecule has 1 heterocycles. The largest absolute Gasteiger partial charge is 0.484 e. The van der Waals surface area contributed by atoms with E-state index >= 15 is 0 Å². The quantitative estimate of drug-likeness (QED) is 0.856. The van der Waals surface area contributed by atoms with Crippen LogP contribution in [-0.4, -0.2) is 14.8 Å². The number of aryl methyl sites for hydroxylation is 1. The third kappa shape index (κ3) is 2.36. The van der Waals surface area contributed by atoms with Crippen molar-refractivity contribution in [1.29, 1.82) is 0 Å². The molecule has 78 valence electrons. The van der Waals surface area contributed by atoms with Crippen molar-refractivity contribution < 1.29 is 4.74 Å². The van der Waals surface area contributed by atoms with Gasteiger partial charge in [-0.2, -0.15) is 0 Å². The molecule has 1 aromatic heterocycles. The average molecular weight is 268 g/mol. The molecule has 2 aromatic rings. The summed E-state index contributed by atoms with van der Waals surface area (Å²) in [4.78, 5) is 0. The van der Waals surface area contributed by atoms with Crippen LogP contribution in [0.1, 0.15) is 5.82 Å². The maximum atomic E-state index is 5.59. The number of hydrogen-bond acceptors (Lipinski definition) is 3. The molecule has 0 unspecified atom stereocenters. The Kier molecular flexibility index (Phi) is 3.01. The first-order chi connectivity index (χ1) is 7.27. The predicted octanol–water partition coefficient (Wildman–Crippen LogP) is 2.16. The van der Waals surface area contributed by atoms with Crippen LogP contribution in [0.3, 0.4) is 0 Å². The van der Waals surface area contributed by atoms with Gasteiger partial charge in [-0.15, -0.1) is 10.2 Å². The SMILES string of the molecule is Cn1cnnc1COc1ccccc1Br. The first-order valence-corrected chi connectivity index (χ1v) is 5.27. The number of benzene rings is 1. The van der Waals surface area contributed by atoms with Gasteiger partial charge < -0.3 is 9.30 Å². The third-order valence-corrected chi connectivity index (χ3v) is 2.65. The molecular weight excluding hydrogens is 258 g/mol. The highest BCUT2D eigenvalue weighted by molar-refractivity contribution is 9.10. The van der Waals surface area contributed by atoms with Crippen LogP contribution in [-0.2, 0) is 13.7 Å². The Bertz CT molecular complexity index is 455. The van der Waals surface area contributed by atoms with Gasteiger partial charge in [0.05, 0.1) is 4.47 Å². The summed E-state index contributed by atoms with van der Waals surface area (Å²) in [6.07, 6.45) is 1.65. The van der Waals surface area contributed by atoms with Gasteiger partial charge in [0.2, 0.25) is 0 Å². The van der Waals surface area contributed by atoms with E-state index in [2.05, 4.69) is 26.1 Å². The van der Waals surface area contributed by atoms with Crippen molar-refractivity contribution in [2.24, 2.45) is 7.05 Å². The molecule has 4 nitrogen and oxygen atoms in total. The second-order valence-electron chi connectivity index (χ2n) is 3.08. The lowest BCUT2D eigenvalue weighted by atomic mass is 10.3. The molecule has 0 atom stereocenters. The monoisotopic (exact) mass is 267 g/mol. The second kappa shape index (κ2) is 4.44. The summed E-state index contributed by atoms with van der Waals surface area (Å²) < 4.78 is 8.36. The fourth-order valence-electron chi connectivity index (χ4n) is 1.14. The van der Waals surface area contributed by atoms with E-state index in [0.717, 1.165) is 16.0 Å². The summed E-state index contributed by atoms with van der Waals surface area (Å²) in [7, 11) is 1.89. The Hall–Kier alpha value is -1.36. The topological polar surface area (TPSA) is 39.9 Å².